The average molecular weight is 333 g/mol. The lowest BCUT2D eigenvalue weighted by molar-refractivity contribution is -0.385. The van der Waals surface area contributed by atoms with Crippen LogP contribution in [0.5, 0.6) is 0 Å². The number of anilines is 1. The number of Topliss-reactive ketones (excluding diaryl/α,β-unsaturated/α-hetero) is 1. The van der Waals surface area contributed by atoms with Crippen LogP contribution in [0.3, 0.4) is 0 Å². The third-order valence-corrected chi connectivity index (χ3v) is 3.13. The second-order valence-corrected chi connectivity index (χ2v) is 4.90. The van der Waals surface area contributed by atoms with Crippen LogP contribution in [0.4, 0.5) is 15.8 Å². The van der Waals surface area contributed by atoms with E-state index in [2.05, 4.69) is 5.32 Å². The van der Waals surface area contributed by atoms with Crippen molar-refractivity contribution in [3.8, 4) is 0 Å². The number of nitro groups is 1. The first kappa shape index (κ1) is 17.0. The minimum atomic E-state index is -0.731. The van der Waals surface area contributed by atoms with Gasteiger partial charge >= 0.3 is 0 Å². The molecule has 0 spiro atoms. The molecule has 0 fully saturated rings. The second kappa shape index (κ2) is 6.82. The molecule has 2 rings (SSSR count). The molecular formula is C15H12FN3O5. The van der Waals surface area contributed by atoms with E-state index in [4.69, 9.17) is 0 Å². The molecule has 1 aromatic carbocycles. The molecule has 0 unspecified atom stereocenters. The van der Waals surface area contributed by atoms with Crippen molar-refractivity contribution in [1.82, 2.24) is 4.57 Å². The summed E-state index contributed by atoms with van der Waals surface area (Å²) in [5, 5.41) is 13.0. The summed E-state index contributed by atoms with van der Waals surface area (Å²) in [6.45, 7) is 0.738. The van der Waals surface area contributed by atoms with Crippen molar-refractivity contribution < 1.29 is 18.9 Å². The zero-order valence-electron chi connectivity index (χ0n) is 12.5. The first-order valence-corrected chi connectivity index (χ1v) is 6.73. The molecule has 0 aliphatic carbocycles. The molecule has 0 bridgehead atoms. The summed E-state index contributed by atoms with van der Waals surface area (Å²) in [6.07, 6.45) is 0.930. The Kier molecular flexibility index (Phi) is 4.83. The number of benzene rings is 1. The average Bonchev–Trinajstić information content (AvgIpc) is 2.48. The predicted octanol–water partition coefficient (Wildman–Crippen LogP) is 1.74. The van der Waals surface area contributed by atoms with Crippen LogP contribution in [0.1, 0.15) is 17.3 Å². The van der Waals surface area contributed by atoms with Crippen molar-refractivity contribution in [2.24, 2.45) is 0 Å². The van der Waals surface area contributed by atoms with E-state index in [9.17, 15) is 28.9 Å². The number of ketones is 1. The minimum Gasteiger partial charge on any atom is -0.324 e. The number of nitrogens with one attached hydrogen (secondary N) is 1. The maximum atomic E-state index is 13.3. The summed E-state index contributed by atoms with van der Waals surface area (Å²) >= 11 is 0. The SMILES string of the molecule is CC(=O)c1ccc(F)cc1NC(=O)Cn1cc([N+](=O)[O-])ccc1=O. The molecule has 9 heteroatoms. The molecule has 1 aromatic heterocycles. The van der Waals surface area contributed by atoms with E-state index in [1.165, 1.54) is 13.0 Å². The second-order valence-electron chi connectivity index (χ2n) is 4.90. The van der Waals surface area contributed by atoms with Crippen LogP contribution in [-0.2, 0) is 11.3 Å². The van der Waals surface area contributed by atoms with E-state index in [1.807, 2.05) is 0 Å². The van der Waals surface area contributed by atoms with Crippen LogP contribution < -0.4 is 10.9 Å². The number of carbonyl (C=O) groups is 2. The van der Waals surface area contributed by atoms with Crippen LogP contribution in [0, 0.1) is 15.9 Å². The summed E-state index contributed by atoms with van der Waals surface area (Å²) in [5.74, 6) is -1.76. The van der Waals surface area contributed by atoms with E-state index in [-0.39, 0.29) is 22.7 Å². The molecule has 0 atom stereocenters. The van der Waals surface area contributed by atoms with Gasteiger partial charge in [-0.15, -0.1) is 0 Å². The fourth-order valence-electron chi connectivity index (χ4n) is 2.02. The standard InChI is InChI=1S/C15H12FN3O5/c1-9(20)12-4-2-10(16)6-13(12)17-14(21)8-18-7-11(19(23)24)3-5-15(18)22/h2-7H,8H2,1H3,(H,17,21). The number of halogens is 1. The van der Waals surface area contributed by atoms with E-state index in [1.54, 1.807) is 0 Å². The van der Waals surface area contributed by atoms with Gasteiger partial charge in [-0.3, -0.25) is 29.1 Å². The van der Waals surface area contributed by atoms with Crippen molar-refractivity contribution in [3.05, 3.63) is 68.4 Å². The van der Waals surface area contributed by atoms with Crippen LogP contribution >= 0.6 is 0 Å². The lowest BCUT2D eigenvalue weighted by Crippen LogP contribution is -2.27. The zero-order valence-corrected chi connectivity index (χ0v) is 12.5. The molecule has 0 aliphatic rings. The van der Waals surface area contributed by atoms with E-state index in [0.717, 1.165) is 35.0 Å². The number of pyridine rings is 1. The number of hydrogen-bond acceptors (Lipinski definition) is 5. The van der Waals surface area contributed by atoms with Gasteiger partial charge in [0.15, 0.2) is 5.78 Å². The van der Waals surface area contributed by atoms with Crippen molar-refractivity contribution >= 4 is 23.1 Å². The lowest BCUT2D eigenvalue weighted by Gasteiger charge is -2.10. The maximum Gasteiger partial charge on any atom is 0.285 e. The third-order valence-electron chi connectivity index (χ3n) is 3.13. The first-order chi connectivity index (χ1) is 11.3. The first-order valence-electron chi connectivity index (χ1n) is 6.73. The van der Waals surface area contributed by atoms with Crippen LogP contribution in [-0.4, -0.2) is 21.2 Å². The van der Waals surface area contributed by atoms with Crippen molar-refractivity contribution in [2.45, 2.75) is 13.5 Å². The van der Waals surface area contributed by atoms with E-state index >= 15 is 0 Å². The van der Waals surface area contributed by atoms with Crippen molar-refractivity contribution in [2.75, 3.05) is 5.32 Å². The molecule has 0 radical (unpaired) electrons. The van der Waals surface area contributed by atoms with Gasteiger partial charge in [0.2, 0.25) is 5.91 Å². The number of hydrogen-bond donors (Lipinski definition) is 1. The molecule has 1 heterocycles. The predicted molar refractivity (Wildman–Crippen MR) is 82.4 cm³/mol. The highest BCUT2D eigenvalue weighted by atomic mass is 19.1. The number of carbonyl (C=O) groups excluding carboxylic acids is 2. The van der Waals surface area contributed by atoms with Crippen LogP contribution in [0.15, 0.2) is 41.3 Å². The van der Waals surface area contributed by atoms with Crippen molar-refractivity contribution in [3.63, 3.8) is 0 Å². The maximum absolute atomic E-state index is 13.3. The zero-order chi connectivity index (χ0) is 17.9. The summed E-state index contributed by atoms with van der Waals surface area (Å²) < 4.78 is 14.1. The van der Waals surface area contributed by atoms with Gasteiger partial charge < -0.3 is 5.32 Å². The van der Waals surface area contributed by atoms with Gasteiger partial charge in [-0.05, 0) is 25.1 Å². The summed E-state index contributed by atoms with van der Waals surface area (Å²) in [6, 6.07) is 5.28. The normalized spacial score (nSPS) is 10.2. The molecule has 0 saturated carbocycles. The molecule has 0 aliphatic heterocycles. The Morgan fingerprint density at radius 1 is 1.29 bits per heavy atom. The molecule has 8 nitrogen and oxygen atoms in total. The Bertz CT molecular complexity index is 891. The number of amides is 1. The van der Waals surface area contributed by atoms with Gasteiger partial charge in [-0.25, -0.2) is 4.39 Å². The molecule has 2 aromatic rings. The summed E-state index contributed by atoms with van der Waals surface area (Å²) in [5.41, 5.74) is -0.888. The van der Waals surface area contributed by atoms with Crippen LogP contribution in [0.25, 0.3) is 0 Å². The van der Waals surface area contributed by atoms with E-state index < -0.39 is 28.8 Å². The van der Waals surface area contributed by atoms with Gasteiger partial charge in [0, 0.05) is 17.7 Å². The molecule has 1 N–H and O–H groups in total. The minimum absolute atomic E-state index is 0.0361. The Labute approximate surface area is 134 Å². The summed E-state index contributed by atoms with van der Waals surface area (Å²) in [4.78, 5) is 45.2. The Hall–Kier alpha value is -3.36. The largest absolute Gasteiger partial charge is 0.324 e. The van der Waals surface area contributed by atoms with Crippen LogP contribution in [0.2, 0.25) is 0 Å². The van der Waals surface area contributed by atoms with Gasteiger partial charge in [-0.2, -0.15) is 0 Å². The summed E-state index contributed by atoms with van der Waals surface area (Å²) in [7, 11) is 0. The molecule has 0 saturated heterocycles. The highest BCUT2D eigenvalue weighted by molar-refractivity contribution is 6.03. The fourth-order valence-corrected chi connectivity index (χ4v) is 2.02. The molecule has 1 amide bonds. The Balaban J connectivity index is 2.25. The third kappa shape index (κ3) is 3.88. The lowest BCUT2D eigenvalue weighted by atomic mass is 10.1. The Morgan fingerprint density at radius 3 is 2.62 bits per heavy atom. The highest BCUT2D eigenvalue weighted by Gasteiger charge is 2.14. The number of nitrogens with zero attached hydrogens (tertiary/aromatic N) is 2. The highest BCUT2D eigenvalue weighted by Crippen LogP contribution is 2.18. The number of rotatable bonds is 5. The molecule has 124 valence electrons. The van der Waals surface area contributed by atoms with Gasteiger partial charge in [0.25, 0.3) is 11.2 Å². The van der Waals surface area contributed by atoms with Crippen molar-refractivity contribution in [1.29, 1.82) is 0 Å². The monoisotopic (exact) mass is 333 g/mol. The van der Waals surface area contributed by atoms with E-state index in [0.29, 0.717) is 0 Å². The quantitative estimate of drug-likeness (QED) is 0.509. The van der Waals surface area contributed by atoms with Gasteiger partial charge in [-0.1, -0.05) is 0 Å². The molecule has 24 heavy (non-hydrogen) atoms. The fraction of sp³-hybridized carbons (Fsp3) is 0.133. The number of aromatic nitrogens is 1. The van der Waals surface area contributed by atoms with Gasteiger partial charge in [0.05, 0.1) is 16.8 Å². The smallest absolute Gasteiger partial charge is 0.285 e. The molecular weight excluding hydrogens is 321 g/mol. The van der Waals surface area contributed by atoms with Gasteiger partial charge in [0.1, 0.15) is 12.4 Å². The topological polar surface area (TPSA) is 111 Å². The Morgan fingerprint density at radius 2 is 2.00 bits per heavy atom.